The molecule has 37 heavy (non-hydrogen) atoms. The SMILES string of the molecule is Cc1cc(C)c2nc(-n3nc(C)cc3NC(=O)c3ccn4cc(-c5ccccc5)nc4c3)cc(C)c2c1. The summed E-state index contributed by atoms with van der Waals surface area (Å²) in [5.74, 6) is 0.987. The van der Waals surface area contributed by atoms with E-state index in [1.807, 2.05) is 66.2 Å². The molecule has 0 aliphatic heterocycles. The van der Waals surface area contributed by atoms with Gasteiger partial charge in [-0.25, -0.2) is 9.97 Å². The predicted molar refractivity (Wildman–Crippen MR) is 146 cm³/mol. The average molecular weight is 487 g/mol. The lowest BCUT2D eigenvalue weighted by molar-refractivity contribution is 0.102. The molecule has 4 heterocycles. The van der Waals surface area contributed by atoms with Gasteiger partial charge in [0.2, 0.25) is 0 Å². The molecule has 1 N–H and O–H groups in total. The number of imidazole rings is 1. The highest BCUT2D eigenvalue weighted by molar-refractivity contribution is 6.04. The van der Waals surface area contributed by atoms with Crippen LogP contribution in [-0.4, -0.2) is 30.1 Å². The van der Waals surface area contributed by atoms with Crippen molar-refractivity contribution in [3.63, 3.8) is 0 Å². The molecule has 0 spiro atoms. The van der Waals surface area contributed by atoms with Crippen LogP contribution in [0.5, 0.6) is 0 Å². The zero-order valence-electron chi connectivity index (χ0n) is 21.1. The smallest absolute Gasteiger partial charge is 0.257 e. The Hall–Kier alpha value is -4.78. The summed E-state index contributed by atoms with van der Waals surface area (Å²) in [7, 11) is 0. The molecule has 0 aliphatic rings. The number of aryl methyl sites for hydroxylation is 4. The van der Waals surface area contributed by atoms with Gasteiger partial charge in [0.25, 0.3) is 5.91 Å². The molecule has 6 aromatic rings. The number of pyridine rings is 2. The average Bonchev–Trinajstić information content (AvgIpc) is 3.47. The van der Waals surface area contributed by atoms with Crippen LogP contribution in [0, 0.1) is 27.7 Å². The van der Waals surface area contributed by atoms with Crippen LogP contribution < -0.4 is 5.32 Å². The normalized spacial score (nSPS) is 11.4. The summed E-state index contributed by atoms with van der Waals surface area (Å²) in [6.45, 7) is 8.13. The third-order valence-corrected chi connectivity index (χ3v) is 6.52. The van der Waals surface area contributed by atoms with Gasteiger partial charge in [0.15, 0.2) is 5.82 Å². The summed E-state index contributed by atoms with van der Waals surface area (Å²) >= 11 is 0. The lowest BCUT2D eigenvalue weighted by Crippen LogP contribution is -2.16. The quantitative estimate of drug-likeness (QED) is 0.321. The van der Waals surface area contributed by atoms with E-state index in [1.165, 1.54) is 5.56 Å². The summed E-state index contributed by atoms with van der Waals surface area (Å²) in [4.78, 5) is 22.9. The van der Waals surface area contributed by atoms with Crippen LogP contribution >= 0.6 is 0 Å². The van der Waals surface area contributed by atoms with E-state index < -0.39 is 0 Å². The number of amides is 1. The Morgan fingerprint density at radius 1 is 0.865 bits per heavy atom. The van der Waals surface area contributed by atoms with Gasteiger partial charge in [-0.2, -0.15) is 9.78 Å². The number of benzene rings is 2. The number of nitrogens with zero attached hydrogens (tertiary/aromatic N) is 5. The molecule has 0 unspecified atom stereocenters. The summed E-state index contributed by atoms with van der Waals surface area (Å²) in [5.41, 5.74) is 8.24. The Morgan fingerprint density at radius 3 is 2.49 bits per heavy atom. The van der Waals surface area contributed by atoms with E-state index in [4.69, 9.17) is 9.97 Å². The van der Waals surface area contributed by atoms with Gasteiger partial charge >= 0.3 is 0 Å². The molecule has 0 fully saturated rings. The zero-order chi connectivity index (χ0) is 25.7. The first-order valence-electron chi connectivity index (χ1n) is 12.2. The standard InChI is InChI=1S/C30H26N6O/c1-18-12-20(3)29-24(13-18)19(2)14-27(32-29)36-28(15-21(4)34-36)33-30(37)23-10-11-35-17-25(31-26(35)16-23)22-8-6-5-7-9-22/h5-17H,1-4H3,(H,33,37). The Kier molecular flexibility index (Phi) is 5.34. The molecular formula is C30H26N6O. The van der Waals surface area contributed by atoms with Gasteiger partial charge in [-0.15, -0.1) is 0 Å². The maximum absolute atomic E-state index is 13.3. The van der Waals surface area contributed by atoms with Crippen molar-refractivity contribution in [2.75, 3.05) is 5.32 Å². The fourth-order valence-corrected chi connectivity index (χ4v) is 4.76. The van der Waals surface area contributed by atoms with Crippen LogP contribution in [0.3, 0.4) is 0 Å². The molecule has 6 rings (SSSR count). The first-order valence-corrected chi connectivity index (χ1v) is 12.2. The zero-order valence-corrected chi connectivity index (χ0v) is 21.1. The predicted octanol–water partition coefficient (Wildman–Crippen LogP) is 6.22. The van der Waals surface area contributed by atoms with Crippen molar-refractivity contribution in [3.8, 4) is 17.1 Å². The molecule has 4 aromatic heterocycles. The molecule has 7 nitrogen and oxygen atoms in total. The molecule has 2 aromatic carbocycles. The Labute approximate surface area is 214 Å². The second kappa shape index (κ2) is 8.71. The van der Waals surface area contributed by atoms with E-state index >= 15 is 0 Å². The van der Waals surface area contributed by atoms with E-state index in [2.05, 4.69) is 43.3 Å². The molecule has 0 bridgehead atoms. The summed E-state index contributed by atoms with van der Waals surface area (Å²) in [5, 5.41) is 8.78. The minimum atomic E-state index is -0.239. The van der Waals surface area contributed by atoms with Crippen LogP contribution in [0.15, 0.2) is 79.1 Å². The van der Waals surface area contributed by atoms with Gasteiger partial charge in [0, 0.05) is 35.0 Å². The first kappa shape index (κ1) is 22.7. The minimum absolute atomic E-state index is 0.239. The summed E-state index contributed by atoms with van der Waals surface area (Å²) < 4.78 is 3.61. The largest absolute Gasteiger partial charge is 0.306 e. The van der Waals surface area contributed by atoms with Crippen molar-refractivity contribution in [3.05, 3.63) is 107 Å². The van der Waals surface area contributed by atoms with E-state index in [0.717, 1.165) is 39.0 Å². The lowest BCUT2D eigenvalue weighted by atomic mass is 10.0. The van der Waals surface area contributed by atoms with Gasteiger partial charge in [-0.3, -0.25) is 4.79 Å². The van der Waals surface area contributed by atoms with Gasteiger partial charge in [0.05, 0.1) is 16.9 Å². The molecule has 0 saturated carbocycles. The Bertz CT molecular complexity index is 1810. The highest BCUT2D eigenvalue weighted by Gasteiger charge is 2.16. The fourth-order valence-electron chi connectivity index (χ4n) is 4.76. The Morgan fingerprint density at radius 2 is 1.68 bits per heavy atom. The third-order valence-electron chi connectivity index (χ3n) is 6.52. The van der Waals surface area contributed by atoms with E-state index in [1.54, 1.807) is 16.8 Å². The Balaban J connectivity index is 1.34. The van der Waals surface area contributed by atoms with Gasteiger partial charge in [0.1, 0.15) is 11.5 Å². The molecule has 1 amide bonds. The lowest BCUT2D eigenvalue weighted by Gasteiger charge is -2.12. The van der Waals surface area contributed by atoms with Crippen molar-refractivity contribution >= 4 is 28.3 Å². The third kappa shape index (κ3) is 4.14. The molecular weight excluding hydrogens is 460 g/mol. The second-order valence-electron chi connectivity index (χ2n) is 9.49. The van der Waals surface area contributed by atoms with E-state index in [0.29, 0.717) is 22.8 Å². The van der Waals surface area contributed by atoms with Gasteiger partial charge in [-0.05, 0) is 63.1 Å². The second-order valence-corrected chi connectivity index (χ2v) is 9.49. The number of nitrogens with one attached hydrogen (secondary N) is 1. The van der Waals surface area contributed by atoms with Gasteiger partial charge < -0.3 is 9.72 Å². The van der Waals surface area contributed by atoms with E-state index in [-0.39, 0.29) is 5.91 Å². The molecule has 7 heteroatoms. The summed E-state index contributed by atoms with van der Waals surface area (Å²) in [6, 6.07) is 21.7. The number of hydrogen-bond acceptors (Lipinski definition) is 4. The molecule has 182 valence electrons. The van der Waals surface area contributed by atoms with Crippen LogP contribution in [0.2, 0.25) is 0 Å². The number of hydrogen-bond donors (Lipinski definition) is 1. The first-order chi connectivity index (χ1) is 17.9. The van der Waals surface area contributed by atoms with E-state index in [9.17, 15) is 4.79 Å². The molecule has 0 aliphatic carbocycles. The highest BCUT2D eigenvalue weighted by Crippen LogP contribution is 2.26. The van der Waals surface area contributed by atoms with Crippen LogP contribution in [0.1, 0.15) is 32.7 Å². The number of carbonyl (C=O) groups excluding carboxylic acids is 1. The minimum Gasteiger partial charge on any atom is -0.306 e. The van der Waals surface area contributed by atoms with Crippen molar-refractivity contribution in [2.45, 2.75) is 27.7 Å². The maximum atomic E-state index is 13.3. The fraction of sp³-hybridized carbons (Fsp3) is 0.133. The molecule has 0 radical (unpaired) electrons. The van der Waals surface area contributed by atoms with Crippen molar-refractivity contribution < 1.29 is 4.79 Å². The van der Waals surface area contributed by atoms with Crippen LogP contribution in [-0.2, 0) is 0 Å². The number of aromatic nitrogens is 5. The maximum Gasteiger partial charge on any atom is 0.257 e. The van der Waals surface area contributed by atoms with Crippen LogP contribution in [0.4, 0.5) is 5.82 Å². The number of anilines is 1. The monoisotopic (exact) mass is 486 g/mol. The van der Waals surface area contributed by atoms with Crippen molar-refractivity contribution in [1.29, 1.82) is 0 Å². The highest BCUT2D eigenvalue weighted by atomic mass is 16.1. The van der Waals surface area contributed by atoms with Gasteiger partial charge in [-0.1, -0.05) is 42.0 Å². The molecule has 0 atom stereocenters. The van der Waals surface area contributed by atoms with Crippen molar-refractivity contribution in [2.24, 2.45) is 0 Å². The van der Waals surface area contributed by atoms with Crippen LogP contribution in [0.25, 0.3) is 33.6 Å². The van der Waals surface area contributed by atoms with Crippen molar-refractivity contribution in [1.82, 2.24) is 24.1 Å². The molecule has 0 saturated heterocycles. The summed E-state index contributed by atoms with van der Waals surface area (Å²) in [6.07, 6.45) is 3.81. The topological polar surface area (TPSA) is 77.1 Å². The number of rotatable bonds is 4. The number of carbonyl (C=O) groups is 1. The number of fused-ring (bicyclic) bond motifs is 2.